The molecule has 0 aliphatic heterocycles. The van der Waals surface area contributed by atoms with Gasteiger partial charge in [-0.15, -0.1) is 0 Å². The molecule has 0 fully saturated rings. The van der Waals surface area contributed by atoms with E-state index >= 15 is 0 Å². The highest BCUT2D eigenvalue weighted by Crippen LogP contribution is 2.38. The molecule has 0 saturated heterocycles. The molecule has 0 radical (unpaired) electrons. The molecular formula is C17H22Cl3NO4. The van der Waals surface area contributed by atoms with Gasteiger partial charge in [0.15, 0.2) is 0 Å². The number of amides is 1. The van der Waals surface area contributed by atoms with Crippen LogP contribution in [0, 0.1) is 5.92 Å². The summed E-state index contributed by atoms with van der Waals surface area (Å²) in [4.78, 5) is 24.4. The van der Waals surface area contributed by atoms with Crippen LogP contribution in [0.1, 0.15) is 26.3 Å². The van der Waals surface area contributed by atoms with Crippen molar-refractivity contribution in [3.8, 4) is 0 Å². The molecule has 2 atom stereocenters. The molecular weight excluding hydrogens is 389 g/mol. The van der Waals surface area contributed by atoms with E-state index in [2.05, 4.69) is 5.32 Å². The van der Waals surface area contributed by atoms with Crippen LogP contribution in [-0.2, 0) is 20.7 Å². The van der Waals surface area contributed by atoms with E-state index in [0.29, 0.717) is 0 Å². The first-order valence-electron chi connectivity index (χ1n) is 7.62. The lowest BCUT2D eigenvalue weighted by molar-refractivity contribution is -0.146. The number of carbonyl (C=O) groups is 2. The third-order valence-electron chi connectivity index (χ3n) is 3.21. The van der Waals surface area contributed by atoms with Gasteiger partial charge >= 0.3 is 12.1 Å². The molecule has 1 unspecified atom stereocenters. The van der Waals surface area contributed by atoms with Gasteiger partial charge in [0.1, 0.15) is 11.5 Å². The van der Waals surface area contributed by atoms with Gasteiger partial charge in [0.05, 0.1) is 13.2 Å². The van der Waals surface area contributed by atoms with E-state index < -0.39 is 33.4 Å². The van der Waals surface area contributed by atoms with Crippen molar-refractivity contribution in [3.05, 3.63) is 35.9 Å². The number of esters is 1. The van der Waals surface area contributed by atoms with Crippen molar-refractivity contribution in [3.63, 3.8) is 0 Å². The van der Waals surface area contributed by atoms with Gasteiger partial charge in [-0.1, -0.05) is 65.1 Å². The van der Waals surface area contributed by atoms with Crippen molar-refractivity contribution in [2.24, 2.45) is 5.92 Å². The van der Waals surface area contributed by atoms with Gasteiger partial charge in [0.2, 0.25) is 3.79 Å². The Morgan fingerprint density at radius 3 is 2.12 bits per heavy atom. The summed E-state index contributed by atoms with van der Waals surface area (Å²) in [6.07, 6.45) is -0.454. The zero-order chi connectivity index (χ0) is 19.3. The minimum absolute atomic E-state index is 0.258. The standard InChI is InChI=1S/C17H22Cl3NO4/c1-16(2,3)25-15(23)21-12(10-11-8-6-5-7-9-11)13(14(22)24-4)17(18,19)20/h5-9,12-13H,10H2,1-4H3,(H,21,23)/t12-,13?/m0/s1. The van der Waals surface area contributed by atoms with Crippen molar-refractivity contribution >= 4 is 46.9 Å². The summed E-state index contributed by atoms with van der Waals surface area (Å²) in [5, 5.41) is 2.63. The van der Waals surface area contributed by atoms with Crippen LogP contribution >= 0.6 is 34.8 Å². The van der Waals surface area contributed by atoms with Gasteiger partial charge in [0.25, 0.3) is 0 Å². The molecule has 0 heterocycles. The number of halogens is 3. The monoisotopic (exact) mass is 409 g/mol. The summed E-state index contributed by atoms with van der Waals surface area (Å²) < 4.78 is 8.04. The molecule has 0 saturated carbocycles. The van der Waals surface area contributed by atoms with Gasteiger partial charge in [-0.3, -0.25) is 4.79 Å². The summed E-state index contributed by atoms with van der Waals surface area (Å²) in [5.74, 6) is -1.95. The second kappa shape index (κ2) is 8.97. The smallest absolute Gasteiger partial charge is 0.407 e. The summed E-state index contributed by atoms with van der Waals surface area (Å²) in [6.45, 7) is 5.18. The van der Waals surface area contributed by atoms with Crippen LogP contribution in [0.2, 0.25) is 0 Å². The second-order valence-corrected chi connectivity index (χ2v) is 8.85. The molecule has 0 aliphatic carbocycles. The normalized spacial score (nSPS) is 14.4. The van der Waals surface area contributed by atoms with Crippen molar-refractivity contribution in [1.82, 2.24) is 5.32 Å². The molecule has 1 N–H and O–H groups in total. The van der Waals surface area contributed by atoms with Gasteiger partial charge in [-0.25, -0.2) is 4.79 Å². The Labute approximate surface area is 162 Å². The number of nitrogens with one attached hydrogen (secondary N) is 1. The van der Waals surface area contributed by atoms with Crippen LogP contribution in [0.15, 0.2) is 30.3 Å². The van der Waals surface area contributed by atoms with E-state index in [-0.39, 0.29) is 6.42 Å². The topological polar surface area (TPSA) is 64.6 Å². The Morgan fingerprint density at radius 1 is 1.12 bits per heavy atom. The fourth-order valence-electron chi connectivity index (χ4n) is 2.23. The first-order valence-corrected chi connectivity index (χ1v) is 8.75. The van der Waals surface area contributed by atoms with Crippen LogP contribution in [-0.4, -0.2) is 34.6 Å². The van der Waals surface area contributed by atoms with E-state index in [1.807, 2.05) is 30.3 Å². The number of rotatable bonds is 5. The minimum atomic E-state index is -1.97. The van der Waals surface area contributed by atoms with Crippen LogP contribution in [0.25, 0.3) is 0 Å². The molecule has 0 bridgehead atoms. The fourth-order valence-corrected chi connectivity index (χ4v) is 2.96. The quantitative estimate of drug-likeness (QED) is 0.581. The summed E-state index contributed by atoms with van der Waals surface area (Å²) in [7, 11) is 1.19. The highest BCUT2D eigenvalue weighted by molar-refractivity contribution is 6.68. The maximum Gasteiger partial charge on any atom is 0.407 e. The van der Waals surface area contributed by atoms with Gasteiger partial charge < -0.3 is 14.8 Å². The number of benzene rings is 1. The van der Waals surface area contributed by atoms with Crippen molar-refractivity contribution in [1.29, 1.82) is 0 Å². The van der Waals surface area contributed by atoms with E-state index in [1.165, 1.54) is 7.11 Å². The van der Waals surface area contributed by atoms with E-state index in [0.717, 1.165) is 5.56 Å². The van der Waals surface area contributed by atoms with E-state index in [1.54, 1.807) is 20.8 Å². The second-order valence-electron chi connectivity index (χ2n) is 6.48. The maximum absolute atomic E-state index is 12.2. The lowest BCUT2D eigenvalue weighted by Crippen LogP contribution is -2.51. The first kappa shape index (κ1) is 21.9. The molecule has 5 nitrogen and oxygen atoms in total. The molecule has 8 heteroatoms. The number of ether oxygens (including phenoxy) is 2. The summed E-state index contributed by atoms with van der Waals surface area (Å²) >= 11 is 18.0. The molecule has 1 rings (SSSR count). The number of hydrogen-bond acceptors (Lipinski definition) is 4. The number of methoxy groups -OCH3 is 1. The van der Waals surface area contributed by atoms with Crippen LogP contribution in [0.4, 0.5) is 4.79 Å². The molecule has 0 aromatic heterocycles. The molecule has 1 aromatic rings. The fraction of sp³-hybridized carbons (Fsp3) is 0.529. The lowest BCUT2D eigenvalue weighted by atomic mass is 9.94. The minimum Gasteiger partial charge on any atom is -0.469 e. The largest absolute Gasteiger partial charge is 0.469 e. The van der Waals surface area contributed by atoms with Crippen LogP contribution in [0.3, 0.4) is 0 Å². The zero-order valence-electron chi connectivity index (χ0n) is 14.5. The molecule has 1 aromatic carbocycles. The van der Waals surface area contributed by atoms with Gasteiger partial charge in [-0.05, 0) is 32.8 Å². The van der Waals surface area contributed by atoms with Gasteiger partial charge in [0, 0.05) is 0 Å². The first-order chi connectivity index (χ1) is 11.4. The number of alkyl halides is 3. The number of hydrogen-bond donors (Lipinski definition) is 1. The summed E-state index contributed by atoms with van der Waals surface area (Å²) in [6, 6.07) is 8.38. The van der Waals surface area contributed by atoms with E-state index in [9.17, 15) is 9.59 Å². The highest BCUT2D eigenvalue weighted by Gasteiger charge is 2.46. The summed E-state index contributed by atoms with van der Waals surface area (Å²) in [5.41, 5.74) is 0.147. The average Bonchev–Trinajstić information content (AvgIpc) is 2.44. The van der Waals surface area contributed by atoms with Gasteiger partial charge in [-0.2, -0.15) is 0 Å². The predicted octanol–water partition coefficient (Wildman–Crippen LogP) is 4.28. The van der Waals surface area contributed by atoms with Crippen LogP contribution in [0.5, 0.6) is 0 Å². The van der Waals surface area contributed by atoms with Crippen molar-refractivity contribution in [2.45, 2.75) is 42.6 Å². The third-order valence-corrected chi connectivity index (χ3v) is 3.92. The Kier molecular flexibility index (Phi) is 7.85. The number of alkyl carbamates (subject to hydrolysis) is 1. The Bertz CT molecular complexity index is 582. The SMILES string of the molecule is COC(=O)C([C@H](Cc1ccccc1)NC(=O)OC(C)(C)C)C(Cl)(Cl)Cl. The Morgan fingerprint density at radius 2 is 1.68 bits per heavy atom. The zero-order valence-corrected chi connectivity index (χ0v) is 16.8. The Balaban J connectivity index is 3.11. The highest BCUT2D eigenvalue weighted by atomic mass is 35.6. The molecule has 25 heavy (non-hydrogen) atoms. The molecule has 1 amide bonds. The predicted molar refractivity (Wildman–Crippen MR) is 99.1 cm³/mol. The lowest BCUT2D eigenvalue weighted by Gasteiger charge is -2.31. The molecule has 0 spiro atoms. The number of carbonyl (C=O) groups excluding carboxylic acids is 2. The molecule has 140 valence electrons. The van der Waals surface area contributed by atoms with E-state index in [4.69, 9.17) is 44.3 Å². The van der Waals surface area contributed by atoms with Crippen LogP contribution < -0.4 is 5.32 Å². The maximum atomic E-state index is 12.2. The molecule has 0 aliphatic rings. The third kappa shape index (κ3) is 7.72. The Hall–Kier alpha value is -1.17. The average molecular weight is 411 g/mol. The van der Waals surface area contributed by atoms with Crippen molar-refractivity contribution < 1.29 is 19.1 Å². The van der Waals surface area contributed by atoms with Crippen molar-refractivity contribution in [2.75, 3.05) is 7.11 Å².